The van der Waals surface area contributed by atoms with Gasteiger partial charge in [0.2, 0.25) is 5.91 Å². The Balaban J connectivity index is 2.09. The molecule has 1 aromatic carbocycles. The molecule has 1 amide bonds. The SMILES string of the molecule is Cc1c(Cl)cccc1NC(=O)CC1(C(=O)O)CCCCC1. The molecule has 0 radical (unpaired) electrons. The van der Waals surface area contributed by atoms with Gasteiger partial charge in [0.1, 0.15) is 0 Å². The Morgan fingerprint density at radius 2 is 1.95 bits per heavy atom. The molecule has 21 heavy (non-hydrogen) atoms. The van der Waals surface area contributed by atoms with E-state index in [9.17, 15) is 14.7 Å². The summed E-state index contributed by atoms with van der Waals surface area (Å²) in [5.41, 5.74) is 0.527. The second-order valence-electron chi connectivity index (χ2n) is 5.78. The molecule has 0 unspecified atom stereocenters. The first kappa shape index (κ1) is 15.8. The van der Waals surface area contributed by atoms with Crippen LogP contribution in [-0.2, 0) is 9.59 Å². The molecule has 0 bridgehead atoms. The number of rotatable bonds is 4. The summed E-state index contributed by atoms with van der Waals surface area (Å²) in [5, 5.41) is 12.9. The van der Waals surface area contributed by atoms with Crippen molar-refractivity contribution in [1.29, 1.82) is 0 Å². The first-order valence-corrected chi connectivity index (χ1v) is 7.61. The number of benzene rings is 1. The predicted molar refractivity (Wildman–Crippen MR) is 82.6 cm³/mol. The van der Waals surface area contributed by atoms with Gasteiger partial charge in [0.25, 0.3) is 0 Å². The van der Waals surface area contributed by atoms with E-state index in [1.807, 2.05) is 6.92 Å². The zero-order valence-electron chi connectivity index (χ0n) is 12.1. The number of carboxylic acids is 1. The van der Waals surface area contributed by atoms with Crippen LogP contribution in [0.5, 0.6) is 0 Å². The van der Waals surface area contributed by atoms with E-state index in [0.29, 0.717) is 23.6 Å². The maximum absolute atomic E-state index is 12.2. The molecule has 0 spiro atoms. The molecule has 1 aliphatic carbocycles. The van der Waals surface area contributed by atoms with Gasteiger partial charge >= 0.3 is 5.97 Å². The molecule has 0 atom stereocenters. The first-order valence-electron chi connectivity index (χ1n) is 7.23. The topological polar surface area (TPSA) is 66.4 Å². The van der Waals surface area contributed by atoms with Crippen LogP contribution in [0.15, 0.2) is 18.2 Å². The summed E-state index contributed by atoms with van der Waals surface area (Å²) >= 11 is 6.02. The molecule has 1 fully saturated rings. The molecular formula is C16H20ClNO3. The van der Waals surface area contributed by atoms with Crippen molar-refractivity contribution in [2.45, 2.75) is 45.4 Å². The summed E-state index contributed by atoms with van der Waals surface area (Å²) in [6, 6.07) is 5.29. The van der Waals surface area contributed by atoms with Crippen LogP contribution in [0.2, 0.25) is 5.02 Å². The zero-order chi connectivity index (χ0) is 15.5. The average molecular weight is 310 g/mol. The number of amides is 1. The molecule has 1 aliphatic rings. The van der Waals surface area contributed by atoms with Crippen LogP contribution in [0.1, 0.15) is 44.1 Å². The molecular weight excluding hydrogens is 290 g/mol. The van der Waals surface area contributed by atoms with Crippen LogP contribution in [-0.4, -0.2) is 17.0 Å². The largest absolute Gasteiger partial charge is 0.481 e. The molecule has 0 saturated heterocycles. The van der Waals surface area contributed by atoms with Crippen molar-refractivity contribution in [2.24, 2.45) is 5.41 Å². The molecule has 114 valence electrons. The van der Waals surface area contributed by atoms with Gasteiger partial charge in [-0.1, -0.05) is 36.9 Å². The standard InChI is InChI=1S/C16H20ClNO3/c1-11-12(17)6-5-7-13(11)18-14(19)10-16(15(20)21)8-3-2-4-9-16/h5-7H,2-4,8-10H2,1H3,(H,18,19)(H,20,21). The van der Waals surface area contributed by atoms with Crippen LogP contribution < -0.4 is 5.32 Å². The lowest BCUT2D eigenvalue weighted by molar-refractivity contribution is -0.153. The third-order valence-electron chi connectivity index (χ3n) is 4.31. The number of halogens is 1. The van der Waals surface area contributed by atoms with Gasteiger partial charge in [-0.3, -0.25) is 9.59 Å². The fourth-order valence-electron chi connectivity index (χ4n) is 2.94. The van der Waals surface area contributed by atoms with Crippen molar-refractivity contribution in [3.8, 4) is 0 Å². The Hall–Kier alpha value is -1.55. The van der Waals surface area contributed by atoms with Gasteiger partial charge in [-0.05, 0) is 37.5 Å². The number of carbonyl (C=O) groups excluding carboxylic acids is 1. The van der Waals surface area contributed by atoms with Crippen molar-refractivity contribution in [2.75, 3.05) is 5.32 Å². The monoisotopic (exact) mass is 309 g/mol. The first-order chi connectivity index (χ1) is 9.94. The van der Waals surface area contributed by atoms with Gasteiger partial charge in [-0.25, -0.2) is 0 Å². The van der Waals surface area contributed by atoms with E-state index >= 15 is 0 Å². The lowest BCUT2D eigenvalue weighted by Crippen LogP contribution is -2.37. The third kappa shape index (κ3) is 3.56. The zero-order valence-corrected chi connectivity index (χ0v) is 12.9. The quantitative estimate of drug-likeness (QED) is 0.883. The van der Waals surface area contributed by atoms with E-state index in [2.05, 4.69) is 5.32 Å². The van der Waals surface area contributed by atoms with E-state index in [4.69, 9.17) is 11.6 Å². The van der Waals surface area contributed by atoms with E-state index < -0.39 is 11.4 Å². The highest BCUT2D eigenvalue weighted by molar-refractivity contribution is 6.31. The Bertz CT molecular complexity index is 550. The highest BCUT2D eigenvalue weighted by Gasteiger charge is 2.41. The summed E-state index contributed by atoms with van der Waals surface area (Å²) in [5.74, 6) is -1.12. The van der Waals surface area contributed by atoms with Gasteiger partial charge in [0.15, 0.2) is 0 Å². The van der Waals surface area contributed by atoms with Gasteiger partial charge < -0.3 is 10.4 Å². The van der Waals surface area contributed by atoms with Crippen LogP contribution >= 0.6 is 11.6 Å². The molecule has 0 aliphatic heterocycles. The number of nitrogens with one attached hydrogen (secondary N) is 1. The van der Waals surface area contributed by atoms with E-state index in [0.717, 1.165) is 24.8 Å². The molecule has 5 heteroatoms. The van der Waals surface area contributed by atoms with Crippen molar-refractivity contribution in [1.82, 2.24) is 0 Å². The number of hydrogen-bond acceptors (Lipinski definition) is 2. The minimum Gasteiger partial charge on any atom is -0.481 e. The fourth-order valence-corrected chi connectivity index (χ4v) is 3.11. The summed E-state index contributed by atoms with van der Waals surface area (Å²) in [6.07, 6.45) is 3.96. The second kappa shape index (κ2) is 6.48. The molecule has 1 aromatic rings. The number of carboxylic acid groups (broad SMARTS) is 1. The number of anilines is 1. The fraction of sp³-hybridized carbons (Fsp3) is 0.500. The molecule has 0 aromatic heterocycles. The Labute approximate surface area is 129 Å². The number of aliphatic carboxylic acids is 1. The minimum absolute atomic E-state index is 0.0221. The molecule has 2 rings (SSSR count). The summed E-state index contributed by atoms with van der Waals surface area (Å²) in [4.78, 5) is 23.8. The predicted octanol–water partition coefficient (Wildman–Crippen LogP) is 4.01. The van der Waals surface area contributed by atoms with E-state index in [1.54, 1.807) is 18.2 Å². The Morgan fingerprint density at radius 3 is 2.57 bits per heavy atom. The highest BCUT2D eigenvalue weighted by Crippen LogP contribution is 2.40. The van der Waals surface area contributed by atoms with Crippen molar-refractivity contribution in [3.05, 3.63) is 28.8 Å². The molecule has 1 saturated carbocycles. The highest BCUT2D eigenvalue weighted by atomic mass is 35.5. The van der Waals surface area contributed by atoms with Crippen LogP contribution in [0.25, 0.3) is 0 Å². The summed E-state index contributed by atoms with van der Waals surface area (Å²) < 4.78 is 0. The maximum atomic E-state index is 12.2. The lowest BCUT2D eigenvalue weighted by Gasteiger charge is -2.32. The Kier molecular flexibility index (Phi) is 4.88. The normalized spacial score (nSPS) is 17.2. The summed E-state index contributed by atoms with van der Waals surface area (Å²) in [6.45, 7) is 1.82. The number of carbonyl (C=O) groups is 2. The van der Waals surface area contributed by atoms with Gasteiger partial charge in [0, 0.05) is 17.1 Å². The van der Waals surface area contributed by atoms with Crippen LogP contribution in [0.3, 0.4) is 0 Å². The molecule has 2 N–H and O–H groups in total. The summed E-state index contributed by atoms with van der Waals surface area (Å²) in [7, 11) is 0. The van der Waals surface area contributed by atoms with E-state index in [-0.39, 0.29) is 12.3 Å². The molecule has 0 heterocycles. The Morgan fingerprint density at radius 1 is 1.29 bits per heavy atom. The van der Waals surface area contributed by atoms with Crippen molar-refractivity contribution >= 4 is 29.2 Å². The average Bonchev–Trinajstić information content (AvgIpc) is 2.44. The third-order valence-corrected chi connectivity index (χ3v) is 4.71. The van der Waals surface area contributed by atoms with Crippen molar-refractivity contribution < 1.29 is 14.7 Å². The van der Waals surface area contributed by atoms with E-state index in [1.165, 1.54) is 0 Å². The maximum Gasteiger partial charge on any atom is 0.310 e. The van der Waals surface area contributed by atoms with Gasteiger partial charge in [-0.15, -0.1) is 0 Å². The number of hydrogen-bond donors (Lipinski definition) is 2. The van der Waals surface area contributed by atoms with Crippen LogP contribution in [0.4, 0.5) is 5.69 Å². The van der Waals surface area contributed by atoms with Crippen LogP contribution in [0, 0.1) is 12.3 Å². The minimum atomic E-state index is -0.908. The smallest absolute Gasteiger partial charge is 0.310 e. The van der Waals surface area contributed by atoms with Gasteiger partial charge in [-0.2, -0.15) is 0 Å². The molecule has 4 nitrogen and oxygen atoms in total. The second-order valence-corrected chi connectivity index (χ2v) is 6.19. The van der Waals surface area contributed by atoms with Gasteiger partial charge in [0.05, 0.1) is 5.41 Å². The lowest BCUT2D eigenvalue weighted by atomic mass is 9.71. The van der Waals surface area contributed by atoms with Crippen molar-refractivity contribution in [3.63, 3.8) is 0 Å².